The number of hydrogen-bond donors (Lipinski definition) is 0. The normalized spacial score (nSPS) is 16.2. The fourth-order valence-corrected chi connectivity index (χ4v) is 5.09. The van der Waals surface area contributed by atoms with E-state index < -0.39 is 10.0 Å². The molecule has 7 heteroatoms. The molecule has 0 radical (unpaired) electrons. The third-order valence-corrected chi connectivity index (χ3v) is 7.18. The molecule has 1 saturated heterocycles. The molecule has 2 aromatic rings. The van der Waals surface area contributed by atoms with E-state index in [0.717, 1.165) is 17.0 Å². The van der Waals surface area contributed by atoms with Crippen LogP contribution in [0.5, 0.6) is 0 Å². The monoisotopic (exact) mass is 401 g/mol. The van der Waals surface area contributed by atoms with E-state index in [2.05, 4.69) is 11.1 Å². The van der Waals surface area contributed by atoms with Gasteiger partial charge in [-0.15, -0.1) is 6.58 Å². The van der Waals surface area contributed by atoms with E-state index >= 15 is 0 Å². The first-order valence-corrected chi connectivity index (χ1v) is 10.9. The lowest BCUT2D eigenvalue weighted by molar-refractivity contribution is 0.0901. The second kappa shape index (κ2) is 8.43. The van der Waals surface area contributed by atoms with E-state index in [1.807, 2.05) is 30.9 Å². The maximum absolute atomic E-state index is 12.8. The van der Waals surface area contributed by atoms with Crippen molar-refractivity contribution < 1.29 is 13.2 Å². The lowest BCUT2D eigenvalue weighted by Crippen LogP contribution is -2.49. The second-order valence-corrected chi connectivity index (χ2v) is 9.04. The van der Waals surface area contributed by atoms with Crippen LogP contribution in [0.3, 0.4) is 0 Å². The Balaban J connectivity index is 1.62. The van der Waals surface area contributed by atoms with Gasteiger partial charge in [-0.2, -0.15) is 4.31 Å². The van der Waals surface area contributed by atoms with Crippen molar-refractivity contribution in [2.45, 2.75) is 25.3 Å². The maximum atomic E-state index is 12.8. The summed E-state index contributed by atoms with van der Waals surface area (Å²) in [6.07, 6.45) is 1.82. The van der Waals surface area contributed by atoms with Crippen molar-refractivity contribution in [2.24, 2.45) is 0 Å². The summed E-state index contributed by atoms with van der Waals surface area (Å²) in [6.45, 7) is 10.6. The number of carbonyl (C=O) groups is 1. The molecule has 0 aliphatic carbocycles. The zero-order valence-electron chi connectivity index (χ0n) is 16.5. The van der Waals surface area contributed by atoms with Crippen LogP contribution in [0.1, 0.15) is 21.7 Å². The topological polar surface area (TPSA) is 62.6 Å². The number of aryl methyl sites for hydroxylation is 1. The highest BCUT2D eigenvalue weighted by atomic mass is 32.2. The van der Waals surface area contributed by atoms with E-state index in [-0.39, 0.29) is 5.78 Å². The summed E-state index contributed by atoms with van der Waals surface area (Å²) < 4.78 is 29.0. The highest BCUT2D eigenvalue weighted by molar-refractivity contribution is 7.89. The Kier molecular flexibility index (Phi) is 6.17. The molecule has 2 heterocycles. The van der Waals surface area contributed by atoms with Gasteiger partial charge in [0, 0.05) is 49.7 Å². The van der Waals surface area contributed by atoms with Crippen LogP contribution in [0.15, 0.2) is 53.9 Å². The van der Waals surface area contributed by atoms with Gasteiger partial charge in [0.05, 0.1) is 11.4 Å². The number of ketones is 1. The molecule has 6 nitrogen and oxygen atoms in total. The molecule has 1 aliphatic heterocycles. The molecule has 0 atom stereocenters. The summed E-state index contributed by atoms with van der Waals surface area (Å²) in [6, 6.07) is 10.4. The van der Waals surface area contributed by atoms with Gasteiger partial charge in [0.25, 0.3) is 0 Å². The summed E-state index contributed by atoms with van der Waals surface area (Å²) in [5.74, 6) is 0.0720. The lowest BCUT2D eigenvalue weighted by Gasteiger charge is -2.33. The zero-order valence-corrected chi connectivity index (χ0v) is 17.3. The summed E-state index contributed by atoms with van der Waals surface area (Å²) in [4.78, 5) is 15.1. The van der Waals surface area contributed by atoms with E-state index in [0.29, 0.717) is 44.2 Å². The highest BCUT2D eigenvalue weighted by Crippen LogP contribution is 2.19. The van der Waals surface area contributed by atoms with Crippen LogP contribution in [0.4, 0.5) is 0 Å². The number of rotatable bonds is 7. The molecule has 3 rings (SSSR count). The van der Waals surface area contributed by atoms with E-state index in [1.54, 1.807) is 30.3 Å². The summed E-state index contributed by atoms with van der Waals surface area (Å²) >= 11 is 0. The molecule has 0 spiro atoms. The van der Waals surface area contributed by atoms with Crippen LogP contribution in [-0.2, 0) is 16.6 Å². The minimum atomic E-state index is -3.47. The molecule has 150 valence electrons. The van der Waals surface area contributed by atoms with Crippen LogP contribution in [0, 0.1) is 13.8 Å². The molecule has 0 amide bonds. The molecule has 0 unspecified atom stereocenters. The standard InChI is InChI=1S/C21H27N3O3S/c1-4-10-24-17(2)15-20(18(24)3)21(25)16-22-11-13-23(14-12-22)28(26,27)19-8-6-5-7-9-19/h4-9,15H,1,10-14,16H2,2-3H3. The van der Waals surface area contributed by atoms with Gasteiger partial charge in [-0.1, -0.05) is 24.3 Å². The third-order valence-electron chi connectivity index (χ3n) is 5.27. The van der Waals surface area contributed by atoms with Gasteiger partial charge in [-0.3, -0.25) is 9.69 Å². The Morgan fingerprint density at radius 3 is 2.36 bits per heavy atom. The number of Topliss-reactive ketones (excluding diaryl/α,β-unsaturated/α-hetero) is 1. The number of nitrogens with zero attached hydrogens (tertiary/aromatic N) is 3. The molecular formula is C21H27N3O3S. The van der Waals surface area contributed by atoms with Gasteiger partial charge in [0.1, 0.15) is 0 Å². The predicted octanol–water partition coefficient (Wildman–Crippen LogP) is 2.48. The Labute approximate surface area is 167 Å². The average molecular weight is 402 g/mol. The average Bonchev–Trinajstić information content (AvgIpc) is 2.98. The summed E-state index contributed by atoms with van der Waals surface area (Å²) in [5.41, 5.74) is 2.73. The predicted molar refractivity (Wildman–Crippen MR) is 110 cm³/mol. The van der Waals surface area contributed by atoms with E-state index in [4.69, 9.17) is 0 Å². The molecule has 0 N–H and O–H groups in total. The van der Waals surface area contributed by atoms with Gasteiger partial charge in [-0.05, 0) is 32.0 Å². The molecule has 1 aliphatic rings. The Morgan fingerprint density at radius 2 is 1.75 bits per heavy atom. The highest BCUT2D eigenvalue weighted by Gasteiger charge is 2.29. The fourth-order valence-electron chi connectivity index (χ4n) is 3.65. The largest absolute Gasteiger partial charge is 0.345 e. The number of sulfonamides is 1. The van der Waals surface area contributed by atoms with Crippen LogP contribution in [-0.4, -0.2) is 60.7 Å². The van der Waals surface area contributed by atoms with Gasteiger partial charge >= 0.3 is 0 Å². The Bertz CT molecular complexity index is 956. The lowest BCUT2D eigenvalue weighted by atomic mass is 10.1. The Hall–Kier alpha value is -2.22. The van der Waals surface area contributed by atoms with Crippen LogP contribution < -0.4 is 0 Å². The quantitative estimate of drug-likeness (QED) is 0.528. The third kappa shape index (κ3) is 4.11. The first-order valence-electron chi connectivity index (χ1n) is 9.43. The van der Waals surface area contributed by atoms with Gasteiger partial charge < -0.3 is 4.57 Å². The first kappa shape index (κ1) is 20.5. The number of carbonyl (C=O) groups excluding carboxylic acids is 1. The number of aromatic nitrogens is 1. The maximum Gasteiger partial charge on any atom is 0.243 e. The number of allylic oxidation sites excluding steroid dienone is 1. The first-order chi connectivity index (χ1) is 13.3. The van der Waals surface area contributed by atoms with Crippen LogP contribution in [0.25, 0.3) is 0 Å². The zero-order chi connectivity index (χ0) is 20.3. The van der Waals surface area contributed by atoms with Gasteiger partial charge in [0.15, 0.2) is 5.78 Å². The smallest absolute Gasteiger partial charge is 0.243 e. The molecule has 0 saturated carbocycles. The molecule has 28 heavy (non-hydrogen) atoms. The second-order valence-electron chi connectivity index (χ2n) is 7.10. The molecule has 1 aromatic heterocycles. The van der Waals surface area contributed by atoms with Crippen LogP contribution >= 0.6 is 0 Å². The van der Waals surface area contributed by atoms with Crippen molar-refractivity contribution >= 4 is 15.8 Å². The minimum absolute atomic E-state index is 0.0720. The van der Waals surface area contributed by atoms with E-state index in [1.165, 1.54) is 4.31 Å². The van der Waals surface area contributed by atoms with Crippen molar-refractivity contribution in [2.75, 3.05) is 32.7 Å². The van der Waals surface area contributed by atoms with E-state index in [9.17, 15) is 13.2 Å². The number of piperazine rings is 1. The fraction of sp³-hybridized carbons (Fsp3) is 0.381. The van der Waals surface area contributed by atoms with Crippen molar-refractivity contribution in [3.8, 4) is 0 Å². The molecule has 0 bridgehead atoms. The number of hydrogen-bond acceptors (Lipinski definition) is 4. The molecular weight excluding hydrogens is 374 g/mol. The van der Waals surface area contributed by atoms with Crippen molar-refractivity contribution in [3.63, 3.8) is 0 Å². The van der Waals surface area contributed by atoms with Crippen LogP contribution in [0.2, 0.25) is 0 Å². The van der Waals surface area contributed by atoms with Gasteiger partial charge in [-0.25, -0.2) is 8.42 Å². The molecule has 1 aromatic carbocycles. The number of benzene rings is 1. The summed E-state index contributed by atoms with van der Waals surface area (Å²) in [7, 11) is -3.47. The van der Waals surface area contributed by atoms with Crippen molar-refractivity contribution in [1.82, 2.24) is 13.8 Å². The van der Waals surface area contributed by atoms with Crippen molar-refractivity contribution in [1.29, 1.82) is 0 Å². The minimum Gasteiger partial charge on any atom is -0.345 e. The molecule has 1 fully saturated rings. The van der Waals surface area contributed by atoms with Gasteiger partial charge in [0.2, 0.25) is 10.0 Å². The van der Waals surface area contributed by atoms with Crippen molar-refractivity contribution in [3.05, 3.63) is 66.0 Å². The summed E-state index contributed by atoms with van der Waals surface area (Å²) in [5, 5.41) is 0. The SMILES string of the molecule is C=CCn1c(C)cc(C(=O)CN2CCN(S(=O)(=O)c3ccccc3)CC2)c1C. The Morgan fingerprint density at radius 1 is 1.11 bits per heavy atom.